The van der Waals surface area contributed by atoms with Crippen molar-refractivity contribution in [1.82, 2.24) is 14.6 Å². The highest BCUT2D eigenvalue weighted by atomic mass is 79.9. The van der Waals surface area contributed by atoms with E-state index in [9.17, 15) is 0 Å². The van der Waals surface area contributed by atoms with Gasteiger partial charge in [0.25, 0.3) is 0 Å². The molecule has 1 aromatic carbocycles. The van der Waals surface area contributed by atoms with Gasteiger partial charge in [-0.25, -0.2) is 4.98 Å². The number of halogens is 1. The second-order valence-electron chi connectivity index (χ2n) is 6.49. The first-order valence-corrected chi connectivity index (χ1v) is 9.80. The third kappa shape index (κ3) is 3.87. The maximum atomic E-state index is 4.84. The maximum Gasteiger partial charge on any atom is 0.172 e. The number of anilines is 1. The Morgan fingerprint density at radius 1 is 1.16 bits per heavy atom. The fraction of sp³-hybridized carbons (Fsp3) is 0.400. The Morgan fingerprint density at radius 2 is 1.88 bits per heavy atom. The third-order valence-electron chi connectivity index (χ3n) is 4.48. The van der Waals surface area contributed by atoms with Crippen LogP contribution in [0.1, 0.15) is 45.1 Å². The van der Waals surface area contributed by atoms with Crippen LogP contribution < -0.4 is 5.32 Å². The molecule has 5 heteroatoms. The van der Waals surface area contributed by atoms with Crippen LogP contribution in [0.25, 0.3) is 16.9 Å². The van der Waals surface area contributed by atoms with Gasteiger partial charge in [-0.15, -0.1) is 0 Å². The Kier molecular flexibility index (Phi) is 5.74. The predicted molar refractivity (Wildman–Crippen MR) is 108 cm³/mol. The van der Waals surface area contributed by atoms with Crippen molar-refractivity contribution in [2.45, 2.75) is 52.5 Å². The molecule has 0 amide bonds. The number of benzene rings is 1. The molecule has 0 saturated carbocycles. The van der Waals surface area contributed by atoms with Crippen molar-refractivity contribution in [2.24, 2.45) is 0 Å². The molecule has 0 bridgehead atoms. The first kappa shape index (κ1) is 17.9. The van der Waals surface area contributed by atoms with Crippen molar-refractivity contribution in [3.63, 3.8) is 0 Å². The number of hydrogen-bond donors (Lipinski definition) is 1. The summed E-state index contributed by atoms with van der Waals surface area (Å²) in [5.41, 5.74) is 4.19. The van der Waals surface area contributed by atoms with Gasteiger partial charge in [-0.1, -0.05) is 51.0 Å². The van der Waals surface area contributed by atoms with Crippen LogP contribution in [0.2, 0.25) is 0 Å². The summed E-state index contributed by atoms with van der Waals surface area (Å²) in [5.74, 6) is 1.00. The molecular weight excluding hydrogens is 376 g/mol. The number of nitrogens with one attached hydrogen (secondary N) is 1. The predicted octanol–water partition coefficient (Wildman–Crippen LogP) is 5.85. The molecule has 132 valence electrons. The number of fused-ring (bicyclic) bond motifs is 1. The maximum absolute atomic E-state index is 4.84. The summed E-state index contributed by atoms with van der Waals surface area (Å²) in [5, 5.41) is 8.20. The van der Waals surface area contributed by atoms with E-state index in [4.69, 9.17) is 4.98 Å². The Hall–Kier alpha value is -1.88. The van der Waals surface area contributed by atoms with Gasteiger partial charge >= 0.3 is 0 Å². The van der Waals surface area contributed by atoms with E-state index in [1.54, 1.807) is 0 Å². The lowest BCUT2D eigenvalue weighted by atomic mass is 10.0. The van der Waals surface area contributed by atoms with Gasteiger partial charge in [-0.05, 0) is 41.3 Å². The van der Waals surface area contributed by atoms with Crippen LogP contribution in [-0.2, 0) is 0 Å². The van der Waals surface area contributed by atoms with Gasteiger partial charge < -0.3 is 5.32 Å². The van der Waals surface area contributed by atoms with Crippen molar-refractivity contribution in [1.29, 1.82) is 0 Å². The summed E-state index contributed by atoms with van der Waals surface area (Å²) in [4.78, 5) is 4.84. The highest BCUT2D eigenvalue weighted by Crippen LogP contribution is 2.28. The molecule has 4 nitrogen and oxygen atoms in total. The average Bonchev–Trinajstić information content (AvgIpc) is 2.97. The summed E-state index contributed by atoms with van der Waals surface area (Å²) in [6, 6.07) is 10.9. The van der Waals surface area contributed by atoms with Gasteiger partial charge in [-0.3, -0.25) is 0 Å². The van der Waals surface area contributed by atoms with Gasteiger partial charge in [0.05, 0.1) is 16.4 Å². The van der Waals surface area contributed by atoms with Gasteiger partial charge in [0, 0.05) is 17.7 Å². The molecule has 0 aliphatic heterocycles. The monoisotopic (exact) mass is 400 g/mol. The summed E-state index contributed by atoms with van der Waals surface area (Å²) in [6.07, 6.45) is 6.45. The first-order chi connectivity index (χ1) is 12.1. The molecular formula is C20H25BrN4. The van der Waals surface area contributed by atoms with Crippen molar-refractivity contribution < 1.29 is 0 Å². The fourth-order valence-corrected chi connectivity index (χ4v) is 3.58. The zero-order chi connectivity index (χ0) is 17.8. The summed E-state index contributed by atoms with van der Waals surface area (Å²) in [7, 11) is 0. The van der Waals surface area contributed by atoms with Crippen LogP contribution in [0.3, 0.4) is 0 Å². The topological polar surface area (TPSA) is 42.2 Å². The normalized spacial score (nSPS) is 11.4. The van der Waals surface area contributed by atoms with E-state index in [0.717, 1.165) is 40.0 Å². The van der Waals surface area contributed by atoms with E-state index in [1.807, 2.05) is 10.7 Å². The van der Waals surface area contributed by atoms with Gasteiger partial charge in [0.2, 0.25) is 0 Å². The average molecular weight is 401 g/mol. The first-order valence-electron chi connectivity index (χ1n) is 9.00. The number of rotatable bonds is 7. The molecule has 0 aliphatic carbocycles. The largest absolute Gasteiger partial charge is 0.367 e. The minimum Gasteiger partial charge on any atom is -0.367 e. The Labute approximate surface area is 157 Å². The summed E-state index contributed by atoms with van der Waals surface area (Å²) >= 11 is 3.58. The molecule has 0 atom stereocenters. The molecule has 0 unspecified atom stereocenters. The zero-order valence-corrected chi connectivity index (χ0v) is 16.7. The third-order valence-corrected chi connectivity index (χ3v) is 5.04. The zero-order valence-electron chi connectivity index (χ0n) is 15.1. The van der Waals surface area contributed by atoms with Crippen molar-refractivity contribution in [3.05, 3.63) is 46.6 Å². The molecule has 1 N–H and O–H groups in total. The van der Waals surface area contributed by atoms with Crippen LogP contribution in [0.15, 0.2) is 41.0 Å². The molecule has 0 radical (unpaired) electrons. The highest BCUT2D eigenvalue weighted by Gasteiger charge is 2.15. The van der Waals surface area contributed by atoms with E-state index in [0.29, 0.717) is 6.04 Å². The molecule has 25 heavy (non-hydrogen) atoms. The number of aryl methyl sites for hydroxylation is 1. The molecule has 0 spiro atoms. The molecule has 3 rings (SSSR count). The highest BCUT2D eigenvalue weighted by molar-refractivity contribution is 9.10. The minimum absolute atomic E-state index is 0.452. The quantitative estimate of drug-likeness (QED) is 0.540. The second kappa shape index (κ2) is 8.00. The lowest BCUT2D eigenvalue weighted by molar-refractivity contribution is 0.582. The summed E-state index contributed by atoms with van der Waals surface area (Å²) < 4.78 is 2.80. The SMILES string of the molecule is CCCC(CCC)Nc1cc(-c2ccccc2C)nc2c(Br)cnn12. The van der Waals surface area contributed by atoms with Crippen LogP contribution >= 0.6 is 15.9 Å². The Bertz CT molecular complexity index is 850. The fourth-order valence-electron chi connectivity index (χ4n) is 3.23. The van der Waals surface area contributed by atoms with Crippen molar-refractivity contribution >= 4 is 27.4 Å². The van der Waals surface area contributed by atoms with Crippen molar-refractivity contribution in [2.75, 3.05) is 5.32 Å². The molecule has 2 aromatic heterocycles. The standard InChI is InChI=1S/C20H25BrN4/c1-4-8-15(9-5-2)23-19-12-18(16-11-7-6-10-14(16)3)24-20-17(21)13-22-25(19)20/h6-7,10-13,15,23H,4-5,8-9H2,1-3H3. The van der Waals surface area contributed by atoms with Crippen LogP contribution in [-0.4, -0.2) is 20.6 Å². The van der Waals surface area contributed by atoms with E-state index in [-0.39, 0.29) is 0 Å². The smallest absolute Gasteiger partial charge is 0.172 e. The van der Waals surface area contributed by atoms with Gasteiger partial charge in [0.1, 0.15) is 5.82 Å². The molecule has 0 aliphatic rings. The molecule has 0 fully saturated rings. The van der Waals surface area contributed by atoms with E-state index in [2.05, 4.69) is 77.4 Å². The van der Waals surface area contributed by atoms with Crippen LogP contribution in [0.4, 0.5) is 5.82 Å². The van der Waals surface area contributed by atoms with Crippen LogP contribution in [0.5, 0.6) is 0 Å². The van der Waals surface area contributed by atoms with E-state index in [1.165, 1.54) is 18.4 Å². The molecule has 3 aromatic rings. The minimum atomic E-state index is 0.452. The number of nitrogens with zero attached hydrogens (tertiary/aromatic N) is 3. The Morgan fingerprint density at radius 3 is 2.56 bits per heavy atom. The summed E-state index contributed by atoms with van der Waals surface area (Å²) in [6.45, 7) is 6.59. The number of aromatic nitrogens is 3. The lowest BCUT2D eigenvalue weighted by Crippen LogP contribution is -2.21. The van der Waals surface area contributed by atoms with Gasteiger partial charge in [0.15, 0.2) is 5.65 Å². The Balaban J connectivity index is 2.09. The lowest BCUT2D eigenvalue weighted by Gasteiger charge is -2.20. The van der Waals surface area contributed by atoms with E-state index < -0.39 is 0 Å². The number of hydrogen-bond acceptors (Lipinski definition) is 3. The van der Waals surface area contributed by atoms with Crippen LogP contribution in [0, 0.1) is 6.92 Å². The van der Waals surface area contributed by atoms with E-state index >= 15 is 0 Å². The van der Waals surface area contributed by atoms with Gasteiger partial charge in [-0.2, -0.15) is 9.61 Å². The van der Waals surface area contributed by atoms with Crippen molar-refractivity contribution in [3.8, 4) is 11.3 Å². The molecule has 0 saturated heterocycles. The molecule has 2 heterocycles. The second-order valence-corrected chi connectivity index (χ2v) is 7.34.